The first-order valence-corrected chi connectivity index (χ1v) is 10.6. The molecule has 2 aliphatic rings. The Morgan fingerprint density at radius 2 is 1.72 bits per heavy atom. The van der Waals surface area contributed by atoms with Crippen LogP contribution in [0, 0.1) is 5.41 Å². The molecule has 1 N–H and O–H groups in total. The third-order valence-electron chi connectivity index (χ3n) is 6.11. The maximum atomic E-state index is 13.4. The van der Waals surface area contributed by atoms with E-state index in [1.165, 1.54) is 5.56 Å². The average Bonchev–Trinajstić information content (AvgIpc) is 2.78. The lowest BCUT2D eigenvalue weighted by Gasteiger charge is -2.45. The topological polar surface area (TPSA) is 49.4 Å². The molecule has 4 rings (SSSR count). The number of para-hydroxylation sites is 1. The van der Waals surface area contributed by atoms with Crippen molar-refractivity contribution in [1.82, 2.24) is 5.32 Å². The molecule has 1 saturated heterocycles. The van der Waals surface area contributed by atoms with Gasteiger partial charge in [-0.05, 0) is 56.2 Å². The third kappa shape index (κ3) is 3.98. The molecule has 4 heteroatoms. The van der Waals surface area contributed by atoms with Gasteiger partial charge in [0.2, 0.25) is 11.8 Å². The normalized spacial score (nSPS) is 21.3. The SMILES string of the molecule is O=C1CCC2(C(=O)NCCCc3ccccc3)CCCC=C2N1c1ccccc1. The Labute approximate surface area is 172 Å². The van der Waals surface area contributed by atoms with Crippen LogP contribution in [0.1, 0.15) is 44.1 Å². The Kier molecular flexibility index (Phi) is 5.79. The van der Waals surface area contributed by atoms with Crippen LogP contribution < -0.4 is 10.2 Å². The van der Waals surface area contributed by atoms with E-state index in [-0.39, 0.29) is 11.8 Å². The fraction of sp³-hybridized carbons (Fsp3) is 0.360. The lowest BCUT2D eigenvalue weighted by molar-refractivity contribution is -0.132. The van der Waals surface area contributed by atoms with E-state index in [4.69, 9.17) is 0 Å². The molecule has 29 heavy (non-hydrogen) atoms. The Bertz CT molecular complexity index is 892. The Hall–Kier alpha value is -2.88. The zero-order valence-corrected chi connectivity index (χ0v) is 16.8. The number of allylic oxidation sites excluding steroid dienone is 1. The summed E-state index contributed by atoms with van der Waals surface area (Å²) in [6.45, 7) is 0.655. The van der Waals surface area contributed by atoms with Crippen LogP contribution in [0.5, 0.6) is 0 Å². The highest BCUT2D eigenvalue weighted by Gasteiger charge is 2.49. The number of hydrogen-bond acceptors (Lipinski definition) is 2. The maximum absolute atomic E-state index is 13.4. The van der Waals surface area contributed by atoms with Crippen LogP contribution in [0.3, 0.4) is 0 Å². The second-order valence-electron chi connectivity index (χ2n) is 7.97. The van der Waals surface area contributed by atoms with E-state index in [1.807, 2.05) is 48.5 Å². The summed E-state index contributed by atoms with van der Waals surface area (Å²) in [5.74, 6) is 0.154. The van der Waals surface area contributed by atoms with Gasteiger partial charge in [0.25, 0.3) is 0 Å². The molecule has 2 amide bonds. The summed E-state index contributed by atoms with van der Waals surface area (Å²) in [4.78, 5) is 27.9. The summed E-state index contributed by atoms with van der Waals surface area (Å²) in [6.07, 6.45) is 7.68. The van der Waals surface area contributed by atoms with Gasteiger partial charge in [-0.15, -0.1) is 0 Å². The molecule has 1 fully saturated rings. The summed E-state index contributed by atoms with van der Waals surface area (Å²) in [5.41, 5.74) is 2.43. The fourth-order valence-electron chi connectivity index (χ4n) is 4.60. The van der Waals surface area contributed by atoms with Gasteiger partial charge in [0.15, 0.2) is 0 Å². The highest BCUT2D eigenvalue weighted by atomic mass is 16.2. The molecular formula is C25H28N2O2. The molecule has 0 saturated carbocycles. The summed E-state index contributed by atoms with van der Waals surface area (Å²) < 4.78 is 0. The number of piperidine rings is 1. The molecule has 0 aromatic heterocycles. The molecule has 1 heterocycles. The number of hydrogen-bond donors (Lipinski definition) is 1. The molecular weight excluding hydrogens is 360 g/mol. The van der Waals surface area contributed by atoms with Crippen molar-refractivity contribution < 1.29 is 9.59 Å². The monoisotopic (exact) mass is 388 g/mol. The van der Waals surface area contributed by atoms with Gasteiger partial charge in [0.05, 0.1) is 5.41 Å². The Morgan fingerprint density at radius 3 is 2.48 bits per heavy atom. The molecule has 1 unspecified atom stereocenters. The summed E-state index contributed by atoms with van der Waals surface area (Å²) in [6, 6.07) is 20.1. The van der Waals surface area contributed by atoms with Crippen LogP contribution in [0.4, 0.5) is 5.69 Å². The average molecular weight is 389 g/mol. The van der Waals surface area contributed by atoms with Gasteiger partial charge in [-0.1, -0.05) is 54.6 Å². The van der Waals surface area contributed by atoms with Gasteiger partial charge in [0.1, 0.15) is 0 Å². The standard InChI is InChI=1S/C25H28N2O2/c28-23-16-18-25(24(29)26-19-9-12-20-10-3-1-4-11-20)17-8-7-15-22(25)27(23)21-13-5-2-6-14-21/h1-6,10-11,13-15H,7-9,12,16-19H2,(H,26,29). The second kappa shape index (κ2) is 8.64. The number of amides is 2. The van der Waals surface area contributed by atoms with Gasteiger partial charge in [-0.25, -0.2) is 0 Å². The van der Waals surface area contributed by atoms with Gasteiger partial charge in [0, 0.05) is 24.4 Å². The van der Waals surface area contributed by atoms with Gasteiger partial charge in [-0.3, -0.25) is 14.5 Å². The van der Waals surface area contributed by atoms with Crippen molar-refractivity contribution in [3.05, 3.63) is 78.0 Å². The predicted octanol–water partition coefficient (Wildman–Crippen LogP) is 4.62. The first-order valence-electron chi connectivity index (χ1n) is 10.6. The van der Waals surface area contributed by atoms with E-state index in [2.05, 4.69) is 23.5 Å². The largest absolute Gasteiger partial charge is 0.355 e. The van der Waals surface area contributed by atoms with E-state index in [0.29, 0.717) is 19.4 Å². The van der Waals surface area contributed by atoms with E-state index in [0.717, 1.165) is 43.5 Å². The van der Waals surface area contributed by atoms with Crippen LogP contribution in [0.2, 0.25) is 0 Å². The minimum atomic E-state index is -0.589. The Balaban J connectivity index is 1.48. The zero-order valence-electron chi connectivity index (χ0n) is 16.8. The van der Waals surface area contributed by atoms with Crippen LogP contribution in [-0.2, 0) is 16.0 Å². The van der Waals surface area contributed by atoms with Crippen LogP contribution in [0.15, 0.2) is 72.4 Å². The van der Waals surface area contributed by atoms with Gasteiger partial charge < -0.3 is 5.32 Å². The number of nitrogens with zero attached hydrogens (tertiary/aromatic N) is 1. The van der Waals surface area contributed by atoms with E-state index in [1.54, 1.807) is 4.90 Å². The molecule has 0 radical (unpaired) electrons. The minimum Gasteiger partial charge on any atom is -0.355 e. The second-order valence-corrected chi connectivity index (χ2v) is 7.97. The maximum Gasteiger partial charge on any atom is 0.232 e. The Morgan fingerprint density at radius 1 is 1.00 bits per heavy atom. The van der Waals surface area contributed by atoms with Crippen molar-refractivity contribution >= 4 is 17.5 Å². The summed E-state index contributed by atoms with van der Waals surface area (Å²) in [5, 5.41) is 3.18. The van der Waals surface area contributed by atoms with Crippen LogP contribution >= 0.6 is 0 Å². The van der Waals surface area contributed by atoms with Gasteiger partial charge in [-0.2, -0.15) is 0 Å². The number of anilines is 1. The van der Waals surface area contributed by atoms with Crippen molar-refractivity contribution in [3.8, 4) is 0 Å². The zero-order chi connectivity index (χ0) is 20.1. The predicted molar refractivity (Wildman–Crippen MR) is 115 cm³/mol. The molecule has 1 aliphatic heterocycles. The third-order valence-corrected chi connectivity index (χ3v) is 6.11. The number of benzene rings is 2. The molecule has 2 aromatic rings. The summed E-state index contributed by atoms with van der Waals surface area (Å²) >= 11 is 0. The molecule has 0 spiro atoms. The van der Waals surface area contributed by atoms with E-state index in [9.17, 15) is 9.59 Å². The molecule has 0 bridgehead atoms. The molecule has 2 aromatic carbocycles. The highest BCUT2D eigenvalue weighted by molar-refractivity contribution is 6.02. The lowest BCUT2D eigenvalue weighted by atomic mass is 9.69. The summed E-state index contributed by atoms with van der Waals surface area (Å²) in [7, 11) is 0. The van der Waals surface area contributed by atoms with Crippen molar-refractivity contribution in [1.29, 1.82) is 0 Å². The fourth-order valence-corrected chi connectivity index (χ4v) is 4.60. The van der Waals surface area contributed by atoms with Crippen molar-refractivity contribution in [3.63, 3.8) is 0 Å². The van der Waals surface area contributed by atoms with Crippen LogP contribution in [-0.4, -0.2) is 18.4 Å². The number of aryl methyl sites for hydroxylation is 1. The van der Waals surface area contributed by atoms with E-state index >= 15 is 0 Å². The highest BCUT2D eigenvalue weighted by Crippen LogP contribution is 2.48. The lowest BCUT2D eigenvalue weighted by Crippen LogP contribution is -2.53. The van der Waals surface area contributed by atoms with Crippen molar-refractivity contribution in [2.75, 3.05) is 11.4 Å². The molecule has 150 valence electrons. The minimum absolute atomic E-state index is 0.0740. The first kappa shape index (κ1) is 19.4. The number of carbonyl (C=O) groups excluding carboxylic acids is 2. The number of carbonyl (C=O) groups is 2. The van der Waals surface area contributed by atoms with Gasteiger partial charge >= 0.3 is 0 Å². The number of rotatable bonds is 6. The molecule has 1 aliphatic carbocycles. The smallest absolute Gasteiger partial charge is 0.232 e. The molecule has 1 atom stereocenters. The van der Waals surface area contributed by atoms with E-state index < -0.39 is 5.41 Å². The number of fused-ring (bicyclic) bond motifs is 1. The van der Waals surface area contributed by atoms with Crippen molar-refractivity contribution in [2.24, 2.45) is 5.41 Å². The quantitative estimate of drug-likeness (QED) is 0.734. The van der Waals surface area contributed by atoms with Crippen LogP contribution in [0.25, 0.3) is 0 Å². The first-order chi connectivity index (χ1) is 14.2. The molecule has 4 nitrogen and oxygen atoms in total. The number of nitrogens with one attached hydrogen (secondary N) is 1. The van der Waals surface area contributed by atoms with Crippen molar-refractivity contribution in [2.45, 2.75) is 44.9 Å².